The van der Waals surface area contributed by atoms with Crippen molar-refractivity contribution in [1.82, 2.24) is 5.32 Å². The molecule has 1 rings (SSSR count). The summed E-state index contributed by atoms with van der Waals surface area (Å²) in [4.78, 5) is 11.5. The number of nitrogens with zero attached hydrogens (tertiary/aromatic N) is 1. The van der Waals surface area contributed by atoms with Gasteiger partial charge in [0, 0.05) is 6.54 Å². The smallest absolute Gasteiger partial charge is 0.257 e. The molecule has 0 aliphatic carbocycles. The first-order valence-electron chi connectivity index (χ1n) is 6.06. The Morgan fingerprint density at radius 3 is 2.58 bits per heavy atom. The number of aliphatic hydroxyl groups excluding tert-OH is 1. The Labute approximate surface area is 112 Å². The van der Waals surface area contributed by atoms with Crippen LogP contribution < -0.4 is 10.1 Å². The fourth-order valence-corrected chi connectivity index (χ4v) is 1.81. The van der Waals surface area contributed by atoms with Gasteiger partial charge in [0.2, 0.25) is 0 Å². The Morgan fingerprint density at radius 2 is 2.05 bits per heavy atom. The van der Waals surface area contributed by atoms with Crippen LogP contribution in [0.3, 0.4) is 0 Å². The van der Waals surface area contributed by atoms with Crippen molar-refractivity contribution in [3.8, 4) is 11.8 Å². The zero-order valence-electron chi connectivity index (χ0n) is 11.2. The maximum absolute atomic E-state index is 11.5. The van der Waals surface area contributed by atoms with Crippen LogP contribution in [0.2, 0.25) is 0 Å². The molecule has 2 N–H and O–H groups in total. The van der Waals surface area contributed by atoms with Gasteiger partial charge in [-0.05, 0) is 30.5 Å². The lowest BCUT2D eigenvalue weighted by molar-refractivity contribution is -0.123. The van der Waals surface area contributed by atoms with E-state index in [-0.39, 0.29) is 25.5 Å². The minimum atomic E-state index is -0.250. The molecular weight excluding hydrogens is 244 g/mol. The van der Waals surface area contributed by atoms with Crippen molar-refractivity contribution in [2.24, 2.45) is 0 Å². The summed E-state index contributed by atoms with van der Waals surface area (Å²) in [6.45, 7) is 3.98. The minimum absolute atomic E-state index is 0.0173. The largest absolute Gasteiger partial charge is 0.483 e. The van der Waals surface area contributed by atoms with Gasteiger partial charge in [0.1, 0.15) is 5.75 Å². The molecule has 0 saturated carbocycles. The molecule has 0 spiro atoms. The number of carbonyl (C=O) groups is 1. The fraction of sp³-hybridized carbons (Fsp3) is 0.429. The van der Waals surface area contributed by atoms with Crippen molar-refractivity contribution >= 4 is 5.91 Å². The summed E-state index contributed by atoms with van der Waals surface area (Å²) in [7, 11) is 0. The number of nitriles is 1. The highest BCUT2D eigenvalue weighted by molar-refractivity contribution is 5.77. The van der Waals surface area contributed by atoms with E-state index in [2.05, 4.69) is 5.32 Å². The average molecular weight is 262 g/mol. The summed E-state index contributed by atoms with van der Waals surface area (Å²) >= 11 is 0. The summed E-state index contributed by atoms with van der Waals surface area (Å²) in [5.41, 5.74) is 2.59. The van der Waals surface area contributed by atoms with Crippen LogP contribution >= 0.6 is 0 Å². The van der Waals surface area contributed by atoms with E-state index in [4.69, 9.17) is 15.1 Å². The van der Waals surface area contributed by atoms with Gasteiger partial charge in [-0.3, -0.25) is 4.79 Å². The van der Waals surface area contributed by atoms with Gasteiger partial charge in [-0.2, -0.15) is 5.26 Å². The van der Waals surface area contributed by atoms with E-state index >= 15 is 0 Å². The van der Waals surface area contributed by atoms with Gasteiger partial charge < -0.3 is 15.2 Å². The molecule has 102 valence electrons. The van der Waals surface area contributed by atoms with E-state index in [1.807, 2.05) is 32.0 Å². The number of hydrogen-bond acceptors (Lipinski definition) is 4. The van der Waals surface area contributed by atoms with Gasteiger partial charge in [-0.15, -0.1) is 0 Å². The monoisotopic (exact) mass is 262 g/mol. The number of rotatable bonds is 6. The number of nitrogens with one attached hydrogen (secondary N) is 1. The van der Waals surface area contributed by atoms with E-state index in [1.165, 1.54) is 0 Å². The number of aliphatic hydroxyl groups is 1. The molecule has 5 heteroatoms. The molecule has 0 aliphatic heterocycles. The highest BCUT2D eigenvalue weighted by atomic mass is 16.5. The number of amides is 1. The topological polar surface area (TPSA) is 82.3 Å². The Kier molecular flexibility index (Phi) is 5.83. The molecule has 0 atom stereocenters. The van der Waals surface area contributed by atoms with Crippen molar-refractivity contribution < 1.29 is 14.6 Å². The van der Waals surface area contributed by atoms with Crippen LogP contribution in [0.5, 0.6) is 5.75 Å². The standard InChI is InChI=1S/C14H18N2O3/c1-10-6-12(8-17)7-11(2)14(10)19-9-13(18)16-5-3-4-15/h6-7,17H,3,5,8-9H2,1-2H3,(H,16,18). The maximum Gasteiger partial charge on any atom is 0.257 e. The molecule has 1 aromatic rings. The number of aryl methyl sites for hydroxylation is 2. The molecule has 0 bridgehead atoms. The molecule has 19 heavy (non-hydrogen) atoms. The Balaban J connectivity index is 2.58. The van der Waals surface area contributed by atoms with Gasteiger partial charge in [0.15, 0.2) is 6.61 Å². The third-order valence-electron chi connectivity index (χ3n) is 2.61. The Hall–Kier alpha value is -2.06. The number of carbonyl (C=O) groups excluding carboxylic acids is 1. The molecular formula is C14H18N2O3. The third-order valence-corrected chi connectivity index (χ3v) is 2.61. The first-order chi connectivity index (χ1) is 9.08. The first-order valence-corrected chi connectivity index (χ1v) is 6.06. The molecule has 1 aromatic carbocycles. The fourth-order valence-electron chi connectivity index (χ4n) is 1.81. The highest BCUT2D eigenvalue weighted by Gasteiger charge is 2.08. The minimum Gasteiger partial charge on any atom is -0.483 e. The zero-order chi connectivity index (χ0) is 14.3. The SMILES string of the molecule is Cc1cc(CO)cc(C)c1OCC(=O)NCCC#N. The second-order valence-electron chi connectivity index (χ2n) is 4.26. The zero-order valence-corrected chi connectivity index (χ0v) is 11.2. The van der Waals surface area contributed by atoms with Gasteiger partial charge in [0.05, 0.1) is 19.1 Å². The Morgan fingerprint density at radius 1 is 1.42 bits per heavy atom. The molecule has 0 unspecified atom stereocenters. The van der Waals surface area contributed by atoms with E-state index in [1.54, 1.807) is 0 Å². The van der Waals surface area contributed by atoms with Crippen molar-refractivity contribution in [3.63, 3.8) is 0 Å². The lowest BCUT2D eigenvalue weighted by Gasteiger charge is -2.13. The van der Waals surface area contributed by atoms with Crippen LogP contribution in [0.25, 0.3) is 0 Å². The molecule has 0 saturated heterocycles. The summed E-state index contributed by atoms with van der Waals surface area (Å²) < 4.78 is 5.48. The van der Waals surface area contributed by atoms with Crippen molar-refractivity contribution in [2.45, 2.75) is 26.9 Å². The number of ether oxygens (including phenoxy) is 1. The predicted molar refractivity (Wildman–Crippen MR) is 70.6 cm³/mol. The number of hydrogen-bond donors (Lipinski definition) is 2. The molecule has 0 aromatic heterocycles. The van der Waals surface area contributed by atoms with E-state index in [0.29, 0.717) is 12.3 Å². The molecule has 0 radical (unpaired) electrons. The quantitative estimate of drug-likeness (QED) is 0.755. The number of benzene rings is 1. The summed E-state index contributed by atoms with van der Waals surface area (Å²) in [6, 6.07) is 5.61. The molecule has 1 amide bonds. The van der Waals surface area contributed by atoms with Gasteiger partial charge in [0.25, 0.3) is 5.91 Å². The van der Waals surface area contributed by atoms with E-state index in [9.17, 15) is 4.79 Å². The van der Waals surface area contributed by atoms with Gasteiger partial charge in [-0.1, -0.05) is 12.1 Å². The first kappa shape index (κ1) is 15.0. The predicted octanol–water partition coefficient (Wildman–Crippen LogP) is 1.20. The molecule has 0 heterocycles. The van der Waals surface area contributed by atoms with Crippen LogP contribution in [0.4, 0.5) is 0 Å². The third kappa shape index (κ3) is 4.60. The molecule has 5 nitrogen and oxygen atoms in total. The Bertz CT molecular complexity index is 469. The second kappa shape index (κ2) is 7.39. The van der Waals surface area contributed by atoms with Crippen LogP contribution in [0.15, 0.2) is 12.1 Å². The highest BCUT2D eigenvalue weighted by Crippen LogP contribution is 2.24. The van der Waals surface area contributed by atoms with Crippen molar-refractivity contribution in [3.05, 3.63) is 28.8 Å². The average Bonchev–Trinajstić information content (AvgIpc) is 2.37. The van der Waals surface area contributed by atoms with Crippen LogP contribution in [-0.4, -0.2) is 24.2 Å². The summed E-state index contributed by atoms with van der Waals surface area (Å²) in [6.07, 6.45) is 0.287. The van der Waals surface area contributed by atoms with E-state index in [0.717, 1.165) is 16.7 Å². The van der Waals surface area contributed by atoms with Crippen LogP contribution in [0, 0.1) is 25.2 Å². The van der Waals surface area contributed by atoms with Gasteiger partial charge in [-0.25, -0.2) is 0 Å². The second-order valence-corrected chi connectivity index (χ2v) is 4.26. The summed E-state index contributed by atoms with van der Waals surface area (Å²) in [5, 5.41) is 20.0. The van der Waals surface area contributed by atoms with Gasteiger partial charge >= 0.3 is 0 Å². The molecule has 0 fully saturated rings. The maximum atomic E-state index is 11.5. The van der Waals surface area contributed by atoms with Crippen LogP contribution in [-0.2, 0) is 11.4 Å². The van der Waals surface area contributed by atoms with E-state index < -0.39 is 0 Å². The summed E-state index contributed by atoms with van der Waals surface area (Å²) in [5.74, 6) is 0.410. The van der Waals surface area contributed by atoms with Crippen LogP contribution in [0.1, 0.15) is 23.1 Å². The molecule has 0 aliphatic rings. The normalized spacial score (nSPS) is 9.79. The van der Waals surface area contributed by atoms with Crippen molar-refractivity contribution in [1.29, 1.82) is 5.26 Å². The lowest BCUT2D eigenvalue weighted by atomic mass is 10.1. The lowest BCUT2D eigenvalue weighted by Crippen LogP contribution is -2.29. The van der Waals surface area contributed by atoms with Crippen molar-refractivity contribution in [2.75, 3.05) is 13.2 Å².